The van der Waals surface area contributed by atoms with Crippen molar-refractivity contribution in [2.24, 2.45) is 0 Å². The van der Waals surface area contributed by atoms with Crippen LogP contribution in [-0.2, 0) is 9.53 Å². The number of nitrogens with zero attached hydrogens (tertiary/aromatic N) is 1. The maximum Gasteiger partial charge on any atom is 0.328 e. The lowest BCUT2D eigenvalue weighted by Gasteiger charge is -2.34. The zero-order chi connectivity index (χ0) is 15.4. The molecule has 1 unspecified atom stereocenters. The van der Waals surface area contributed by atoms with Crippen LogP contribution >= 0.6 is 0 Å². The highest BCUT2D eigenvalue weighted by Gasteiger charge is 2.24. The van der Waals surface area contributed by atoms with E-state index in [1.165, 1.54) is 0 Å². The Bertz CT molecular complexity index is 537. The second-order valence-corrected chi connectivity index (χ2v) is 4.95. The number of halogens is 2. The minimum absolute atomic E-state index is 0.0378. The number of rotatable bonds is 4. The highest BCUT2D eigenvalue weighted by atomic mass is 19.1. The molecule has 0 spiro atoms. The number of hydrogen-bond acceptors (Lipinski definition) is 3. The summed E-state index contributed by atoms with van der Waals surface area (Å²) in [7, 11) is 1.58. The Hall–Kier alpha value is -1.95. The van der Waals surface area contributed by atoms with Gasteiger partial charge in [-0.3, -0.25) is 0 Å². The standard InChI is InChI=1S/C15H17F2NO3/c1-21-11-3-2-6-18(9-11)15-12(16)7-10(8-13(15)17)4-5-14(19)20/h4-5,7-8,11H,2-3,6,9H2,1H3,(H,19,20)/b5-4+. The van der Waals surface area contributed by atoms with Gasteiger partial charge in [0.15, 0.2) is 0 Å². The maximum atomic E-state index is 14.1. The van der Waals surface area contributed by atoms with Crippen LogP contribution in [0.3, 0.4) is 0 Å². The molecule has 2 rings (SSSR count). The molecule has 21 heavy (non-hydrogen) atoms. The molecule has 1 N–H and O–H groups in total. The fourth-order valence-electron chi connectivity index (χ4n) is 2.48. The quantitative estimate of drug-likeness (QED) is 0.868. The molecule has 4 nitrogen and oxygen atoms in total. The number of carbonyl (C=O) groups is 1. The molecule has 1 saturated heterocycles. The zero-order valence-corrected chi connectivity index (χ0v) is 11.7. The minimum atomic E-state index is -1.17. The average Bonchev–Trinajstić information content (AvgIpc) is 2.44. The van der Waals surface area contributed by atoms with E-state index in [-0.39, 0.29) is 17.4 Å². The molecule has 1 aromatic rings. The Balaban J connectivity index is 2.26. The molecule has 0 aromatic heterocycles. The summed E-state index contributed by atoms with van der Waals surface area (Å²) in [4.78, 5) is 12.1. The van der Waals surface area contributed by atoms with Crippen molar-refractivity contribution in [2.75, 3.05) is 25.1 Å². The van der Waals surface area contributed by atoms with Crippen LogP contribution in [0, 0.1) is 11.6 Å². The topological polar surface area (TPSA) is 49.8 Å². The van der Waals surface area contributed by atoms with Crippen LogP contribution in [0.2, 0.25) is 0 Å². The number of aliphatic carboxylic acids is 1. The van der Waals surface area contributed by atoms with Crippen LogP contribution in [0.1, 0.15) is 18.4 Å². The lowest BCUT2D eigenvalue weighted by Crippen LogP contribution is -2.40. The molecule has 1 aliphatic rings. The van der Waals surface area contributed by atoms with E-state index in [1.54, 1.807) is 12.0 Å². The van der Waals surface area contributed by atoms with E-state index in [9.17, 15) is 13.6 Å². The van der Waals surface area contributed by atoms with E-state index in [2.05, 4.69) is 0 Å². The number of methoxy groups -OCH3 is 1. The second kappa shape index (κ2) is 6.67. The highest BCUT2D eigenvalue weighted by Crippen LogP contribution is 2.28. The molecule has 1 aliphatic heterocycles. The number of carboxylic acids is 1. The van der Waals surface area contributed by atoms with E-state index in [1.807, 2.05) is 0 Å². The van der Waals surface area contributed by atoms with Gasteiger partial charge in [-0.25, -0.2) is 13.6 Å². The van der Waals surface area contributed by atoms with Gasteiger partial charge in [0.1, 0.15) is 17.3 Å². The lowest BCUT2D eigenvalue weighted by atomic mass is 10.1. The van der Waals surface area contributed by atoms with Crippen LogP contribution in [0.4, 0.5) is 14.5 Å². The first-order valence-electron chi connectivity index (χ1n) is 6.69. The van der Waals surface area contributed by atoms with Crippen LogP contribution in [0.15, 0.2) is 18.2 Å². The van der Waals surface area contributed by atoms with Crippen molar-refractivity contribution >= 4 is 17.7 Å². The lowest BCUT2D eigenvalue weighted by molar-refractivity contribution is -0.131. The van der Waals surface area contributed by atoms with Crippen molar-refractivity contribution in [2.45, 2.75) is 18.9 Å². The van der Waals surface area contributed by atoms with Gasteiger partial charge in [-0.1, -0.05) is 0 Å². The molecule has 0 radical (unpaired) electrons. The van der Waals surface area contributed by atoms with E-state index in [0.29, 0.717) is 13.1 Å². The summed E-state index contributed by atoms with van der Waals surface area (Å²) in [5.41, 5.74) is 0.0978. The number of carboxylic acid groups (broad SMARTS) is 1. The predicted molar refractivity (Wildman–Crippen MR) is 75.3 cm³/mol. The van der Waals surface area contributed by atoms with Crippen molar-refractivity contribution in [3.8, 4) is 0 Å². The van der Waals surface area contributed by atoms with Gasteiger partial charge in [0.2, 0.25) is 0 Å². The number of benzene rings is 1. The van der Waals surface area contributed by atoms with Crippen molar-refractivity contribution in [3.05, 3.63) is 35.4 Å². The molecule has 1 fully saturated rings. The molecule has 1 aromatic carbocycles. The molecule has 114 valence electrons. The molecule has 0 amide bonds. The smallest absolute Gasteiger partial charge is 0.328 e. The Morgan fingerprint density at radius 1 is 1.43 bits per heavy atom. The Labute approximate surface area is 121 Å². The molecule has 6 heteroatoms. The maximum absolute atomic E-state index is 14.1. The van der Waals surface area contributed by atoms with E-state index in [4.69, 9.17) is 9.84 Å². The van der Waals surface area contributed by atoms with Crippen LogP contribution < -0.4 is 4.90 Å². The molecular weight excluding hydrogens is 280 g/mol. The Morgan fingerprint density at radius 3 is 2.67 bits per heavy atom. The summed E-state index contributed by atoms with van der Waals surface area (Å²) >= 11 is 0. The third-order valence-corrected chi connectivity index (χ3v) is 3.49. The van der Waals surface area contributed by atoms with Crippen LogP contribution in [0.25, 0.3) is 6.08 Å². The third kappa shape index (κ3) is 3.78. The Kier molecular flexibility index (Phi) is 4.90. The zero-order valence-electron chi connectivity index (χ0n) is 11.7. The van der Waals surface area contributed by atoms with Gasteiger partial charge in [0.05, 0.1) is 6.10 Å². The molecule has 1 atom stereocenters. The largest absolute Gasteiger partial charge is 0.478 e. The fraction of sp³-hybridized carbons (Fsp3) is 0.400. The summed E-state index contributed by atoms with van der Waals surface area (Å²) < 4.78 is 33.5. The third-order valence-electron chi connectivity index (χ3n) is 3.49. The molecule has 0 saturated carbocycles. The predicted octanol–water partition coefficient (Wildman–Crippen LogP) is 2.68. The van der Waals surface area contributed by atoms with E-state index >= 15 is 0 Å². The molecule has 1 heterocycles. The van der Waals surface area contributed by atoms with Gasteiger partial charge < -0.3 is 14.7 Å². The minimum Gasteiger partial charge on any atom is -0.478 e. The monoisotopic (exact) mass is 297 g/mol. The molecule has 0 bridgehead atoms. The summed E-state index contributed by atoms with van der Waals surface area (Å²) in [6.45, 7) is 1.01. The van der Waals surface area contributed by atoms with Gasteiger partial charge in [-0.05, 0) is 36.6 Å². The number of hydrogen-bond donors (Lipinski definition) is 1. The van der Waals surface area contributed by atoms with Crippen LogP contribution in [0.5, 0.6) is 0 Å². The summed E-state index contributed by atoms with van der Waals surface area (Å²) in [5, 5.41) is 8.53. The summed E-state index contributed by atoms with van der Waals surface area (Å²) in [5.74, 6) is -2.56. The summed E-state index contributed by atoms with van der Waals surface area (Å²) in [6.07, 6.45) is 3.64. The highest BCUT2D eigenvalue weighted by molar-refractivity contribution is 5.85. The second-order valence-electron chi connectivity index (χ2n) is 4.95. The van der Waals surface area contributed by atoms with E-state index < -0.39 is 17.6 Å². The van der Waals surface area contributed by atoms with Crippen molar-refractivity contribution < 1.29 is 23.4 Å². The van der Waals surface area contributed by atoms with Crippen LogP contribution in [-0.4, -0.2) is 37.4 Å². The SMILES string of the molecule is COC1CCCN(c2c(F)cc(/C=C/C(=O)O)cc2F)C1. The van der Waals surface area contributed by atoms with Crippen molar-refractivity contribution in [1.82, 2.24) is 0 Å². The fourth-order valence-corrected chi connectivity index (χ4v) is 2.48. The van der Waals surface area contributed by atoms with Gasteiger partial charge >= 0.3 is 5.97 Å². The first-order valence-corrected chi connectivity index (χ1v) is 6.69. The van der Waals surface area contributed by atoms with Gasteiger partial charge in [0, 0.05) is 26.3 Å². The summed E-state index contributed by atoms with van der Waals surface area (Å²) in [6, 6.07) is 2.27. The Morgan fingerprint density at radius 2 is 2.10 bits per heavy atom. The van der Waals surface area contributed by atoms with E-state index in [0.717, 1.165) is 37.1 Å². The van der Waals surface area contributed by atoms with Gasteiger partial charge in [0.25, 0.3) is 0 Å². The number of ether oxygens (including phenoxy) is 1. The van der Waals surface area contributed by atoms with Gasteiger partial charge in [-0.15, -0.1) is 0 Å². The molecular formula is C15H17F2NO3. The van der Waals surface area contributed by atoms with Crippen molar-refractivity contribution in [3.63, 3.8) is 0 Å². The normalized spacial score (nSPS) is 19.2. The number of piperidine rings is 1. The first kappa shape index (κ1) is 15.4. The molecule has 0 aliphatic carbocycles. The van der Waals surface area contributed by atoms with Gasteiger partial charge in [-0.2, -0.15) is 0 Å². The average molecular weight is 297 g/mol. The van der Waals surface area contributed by atoms with Crippen molar-refractivity contribution in [1.29, 1.82) is 0 Å². The number of anilines is 1. The first-order chi connectivity index (χ1) is 10.0.